The maximum atomic E-state index is 5.88. The summed E-state index contributed by atoms with van der Waals surface area (Å²) in [7, 11) is 5.88. The molecule has 1 rings (SSSR count). The summed E-state index contributed by atoms with van der Waals surface area (Å²) in [6.07, 6.45) is 0.109. The van der Waals surface area contributed by atoms with Crippen molar-refractivity contribution in [1.82, 2.24) is 9.55 Å². The molecule has 107 valence electrons. The van der Waals surface area contributed by atoms with E-state index in [0.717, 1.165) is 0 Å². The molecule has 0 saturated carbocycles. The maximum Gasteiger partial charge on any atom is 1.00 e. The minimum atomic E-state index is 0. The van der Waals surface area contributed by atoms with Crippen LogP contribution in [0.15, 0.2) is 0 Å². The van der Waals surface area contributed by atoms with Crippen molar-refractivity contribution >= 4 is 13.4 Å². The number of imidazole rings is 1. The van der Waals surface area contributed by atoms with Gasteiger partial charge in [0.25, 0.3) is 6.01 Å². The first-order valence-corrected chi connectivity index (χ1v) is 6.62. The van der Waals surface area contributed by atoms with Crippen LogP contribution in [-0.4, -0.2) is 35.7 Å². The first-order chi connectivity index (χ1) is 8.81. The SMILES string of the molecule is [B-]c1nc(OC(C)C)n(COC(C)C)c1OC(C)C.[Li+]. The molecular formula is C13H23BLiN2O3. The molecule has 3 radical (unpaired) electrons. The number of ether oxygens (including phenoxy) is 3. The Bertz CT molecular complexity index is 409. The fourth-order valence-electron chi connectivity index (χ4n) is 1.42. The summed E-state index contributed by atoms with van der Waals surface area (Å²) in [6.45, 7) is 12.0. The van der Waals surface area contributed by atoms with Gasteiger partial charge in [0.05, 0.1) is 18.3 Å². The van der Waals surface area contributed by atoms with Crippen LogP contribution in [0.25, 0.3) is 0 Å². The van der Waals surface area contributed by atoms with Gasteiger partial charge in [-0.3, -0.25) is 0 Å². The van der Waals surface area contributed by atoms with Gasteiger partial charge in [-0.25, -0.2) is 9.55 Å². The largest absolute Gasteiger partial charge is 1.00 e. The third kappa shape index (κ3) is 5.82. The molecule has 1 heterocycles. The van der Waals surface area contributed by atoms with Gasteiger partial charge in [0.2, 0.25) is 0 Å². The van der Waals surface area contributed by atoms with Crippen molar-refractivity contribution in [3.8, 4) is 11.9 Å². The second-order valence-electron chi connectivity index (χ2n) is 5.19. The predicted octanol–water partition coefficient (Wildman–Crippen LogP) is -1.36. The zero-order valence-corrected chi connectivity index (χ0v) is 13.6. The van der Waals surface area contributed by atoms with Gasteiger partial charge in [-0.1, -0.05) is 0 Å². The fourth-order valence-corrected chi connectivity index (χ4v) is 1.42. The van der Waals surface area contributed by atoms with E-state index in [1.807, 2.05) is 41.5 Å². The Morgan fingerprint density at radius 1 is 1.00 bits per heavy atom. The van der Waals surface area contributed by atoms with E-state index in [9.17, 15) is 0 Å². The summed E-state index contributed by atoms with van der Waals surface area (Å²) < 4.78 is 18.6. The van der Waals surface area contributed by atoms with Crippen molar-refractivity contribution in [2.24, 2.45) is 0 Å². The molecule has 0 bridgehead atoms. The Kier molecular flexibility index (Phi) is 8.41. The van der Waals surface area contributed by atoms with Gasteiger partial charge in [0.1, 0.15) is 6.73 Å². The molecule has 0 aromatic carbocycles. The fraction of sp³-hybridized carbons (Fsp3) is 0.769. The summed E-state index contributed by atoms with van der Waals surface area (Å²) in [5, 5.41) is 0. The van der Waals surface area contributed by atoms with E-state index in [1.54, 1.807) is 4.57 Å². The standard InChI is InChI=1S/C13H23BN2O3.Li/c1-8(2)17-7-16-12(18-9(3)4)11(14)15-13(16)19-10(5)6;/h8-10H,7H2,1-6H3;/q-1;+1. The van der Waals surface area contributed by atoms with E-state index in [1.165, 1.54) is 0 Å². The van der Waals surface area contributed by atoms with E-state index in [-0.39, 0.29) is 37.2 Å². The Morgan fingerprint density at radius 3 is 2.00 bits per heavy atom. The van der Waals surface area contributed by atoms with Gasteiger partial charge in [0, 0.05) is 0 Å². The third-order valence-corrected chi connectivity index (χ3v) is 2.14. The Labute approximate surface area is 135 Å². The zero-order valence-electron chi connectivity index (χ0n) is 13.6. The molecular weight excluding hydrogens is 250 g/mol. The molecule has 0 unspecified atom stereocenters. The predicted molar refractivity (Wildman–Crippen MR) is 75.4 cm³/mol. The van der Waals surface area contributed by atoms with Gasteiger partial charge >= 0.3 is 18.9 Å². The van der Waals surface area contributed by atoms with Crippen molar-refractivity contribution in [3.63, 3.8) is 0 Å². The quantitative estimate of drug-likeness (QED) is 0.576. The monoisotopic (exact) mass is 273 g/mol. The van der Waals surface area contributed by atoms with Gasteiger partial charge in [-0.2, -0.15) is 5.59 Å². The number of hydrogen-bond donors (Lipinski definition) is 0. The first kappa shape index (κ1) is 19.4. The molecule has 1 aromatic heterocycles. The van der Waals surface area contributed by atoms with Crippen LogP contribution in [-0.2, 0) is 11.5 Å². The van der Waals surface area contributed by atoms with Gasteiger partial charge in [-0.15, -0.1) is 0 Å². The number of aromatic nitrogens is 2. The Hall–Kier alpha value is -0.568. The second kappa shape index (κ2) is 8.66. The van der Waals surface area contributed by atoms with Crippen LogP contribution in [0.2, 0.25) is 0 Å². The van der Waals surface area contributed by atoms with E-state index >= 15 is 0 Å². The topological polar surface area (TPSA) is 45.5 Å². The van der Waals surface area contributed by atoms with E-state index in [0.29, 0.717) is 24.2 Å². The van der Waals surface area contributed by atoms with Crippen LogP contribution < -0.4 is 33.9 Å². The molecule has 1 aromatic rings. The summed E-state index contributed by atoms with van der Waals surface area (Å²) in [5.74, 6) is 0.492. The maximum absolute atomic E-state index is 5.88. The molecule has 0 spiro atoms. The van der Waals surface area contributed by atoms with E-state index < -0.39 is 0 Å². The molecule has 0 N–H and O–H groups in total. The normalized spacial score (nSPS) is 11.1. The minimum Gasteiger partial charge on any atom is -0.545 e. The van der Waals surface area contributed by atoms with Crippen molar-refractivity contribution in [2.75, 3.05) is 0 Å². The molecule has 0 amide bonds. The number of hydrogen-bond acceptors (Lipinski definition) is 4. The first-order valence-electron chi connectivity index (χ1n) is 6.62. The van der Waals surface area contributed by atoms with Gasteiger partial charge < -0.3 is 22.1 Å². The Morgan fingerprint density at radius 2 is 1.55 bits per heavy atom. The van der Waals surface area contributed by atoms with Crippen LogP contribution in [0.4, 0.5) is 0 Å². The average molecular weight is 273 g/mol. The Balaban J connectivity index is 0.00000361. The summed E-state index contributed by atoms with van der Waals surface area (Å²) in [6, 6.07) is 0.420. The van der Waals surface area contributed by atoms with Crippen LogP contribution in [0.3, 0.4) is 0 Å². The van der Waals surface area contributed by atoms with Gasteiger partial charge in [0.15, 0.2) is 5.88 Å². The van der Waals surface area contributed by atoms with Crippen LogP contribution in [0, 0.1) is 0 Å². The number of rotatable bonds is 7. The minimum absolute atomic E-state index is 0. The molecule has 0 fully saturated rings. The molecule has 7 heteroatoms. The van der Waals surface area contributed by atoms with Crippen molar-refractivity contribution in [3.05, 3.63) is 0 Å². The summed E-state index contributed by atoms with van der Waals surface area (Å²) >= 11 is 0. The summed E-state index contributed by atoms with van der Waals surface area (Å²) in [5.41, 5.74) is 0.316. The van der Waals surface area contributed by atoms with Crippen LogP contribution in [0.5, 0.6) is 11.9 Å². The third-order valence-electron chi connectivity index (χ3n) is 2.14. The van der Waals surface area contributed by atoms with Crippen molar-refractivity contribution in [2.45, 2.75) is 66.6 Å². The summed E-state index contributed by atoms with van der Waals surface area (Å²) in [4.78, 5) is 4.20. The van der Waals surface area contributed by atoms with E-state index in [4.69, 9.17) is 22.1 Å². The molecule has 0 aliphatic carbocycles. The van der Waals surface area contributed by atoms with Crippen LogP contribution >= 0.6 is 0 Å². The smallest absolute Gasteiger partial charge is 0.545 e. The van der Waals surface area contributed by atoms with Crippen molar-refractivity contribution in [1.29, 1.82) is 0 Å². The van der Waals surface area contributed by atoms with E-state index in [2.05, 4.69) is 4.98 Å². The second-order valence-corrected chi connectivity index (χ2v) is 5.19. The van der Waals surface area contributed by atoms with Crippen LogP contribution in [0.1, 0.15) is 41.5 Å². The average Bonchev–Trinajstić information content (AvgIpc) is 2.51. The molecule has 5 nitrogen and oxygen atoms in total. The molecule has 0 aliphatic rings. The number of nitrogens with zero attached hydrogens (tertiary/aromatic N) is 2. The molecule has 0 atom stereocenters. The zero-order chi connectivity index (χ0) is 14.6. The molecule has 0 saturated heterocycles. The molecule has 20 heavy (non-hydrogen) atoms. The van der Waals surface area contributed by atoms with Crippen molar-refractivity contribution < 1.29 is 33.1 Å². The molecule has 0 aliphatic heterocycles. The van der Waals surface area contributed by atoms with Gasteiger partial charge in [-0.05, 0) is 41.5 Å².